The summed E-state index contributed by atoms with van der Waals surface area (Å²) in [6.07, 6.45) is -0.841. The minimum absolute atomic E-state index is 0.316. The van der Waals surface area contributed by atoms with Gasteiger partial charge in [-0.15, -0.1) is 0 Å². The summed E-state index contributed by atoms with van der Waals surface area (Å²) in [4.78, 5) is 11.6. The summed E-state index contributed by atoms with van der Waals surface area (Å²) in [7, 11) is 2.12. The third-order valence-corrected chi connectivity index (χ3v) is 6.38. The highest BCUT2D eigenvalue weighted by atomic mass is 19.4. The standard InChI is InChI=1S/C24H23F3N4O/c1-14-29-21-13-28-20-5-3-15(16-4-6-22(32)19(12-16)24(25,26)27)11-18(20)23(21)31(14)17-7-9-30(2)10-8-17/h3-6,11-13,17,32H,7-10H2,1-2H3. The Morgan fingerprint density at radius 2 is 1.69 bits per heavy atom. The van der Waals surface area contributed by atoms with Crippen LogP contribution in [0.2, 0.25) is 0 Å². The molecule has 1 aliphatic rings. The fraction of sp³-hybridized carbons (Fsp3) is 0.333. The second kappa shape index (κ2) is 7.48. The van der Waals surface area contributed by atoms with Gasteiger partial charge >= 0.3 is 6.18 Å². The van der Waals surface area contributed by atoms with Crippen molar-refractivity contribution in [1.29, 1.82) is 0 Å². The average molecular weight is 440 g/mol. The van der Waals surface area contributed by atoms with Crippen LogP contribution in [0.5, 0.6) is 5.75 Å². The van der Waals surface area contributed by atoms with Gasteiger partial charge in [-0.25, -0.2) is 4.98 Å². The molecule has 0 aliphatic carbocycles. The van der Waals surface area contributed by atoms with E-state index in [-0.39, 0.29) is 0 Å². The highest BCUT2D eigenvalue weighted by Crippen LogP contribution is 2.39. The van der Waals surface area contributed by atoms with Crippen LogP contribution in [-0.4, -0.2) is 44.7 Å². The highest BCUT2D eigenvalue weighted by Gasteiger charge is 2.34. The number of hydrogen-bond acceptors (Lipinski definition) is 4. The zero-order valence-electron chi connectivity index (χ0n) is 17.8. The molecule has 1 N–H and O–H groups in total. The number of phenolic OH excluding ortho intramolecular Hbond substituents is 1. The molecule has 0 unspecified atom stereocenters. The number of phenols is 1. The molecule has 8 heteroatoms. The number of likely N-dealkylation sites (tertiary alicyclic amines) is 1. The van der Waals surface area contributed by atoms with Crippen molar-refractivity contribution in [3.8, 4) is 16.9 Å². The number of fused-ring (bicyclic) bond motifs is 3. The molecule has 0 atom stereocenters. The van der Waals surface area contributed by atoms with Crippen LogP contribution in [0, 0.1) is 6.92 Å². The van der Waals surface area contributed by atoms with Crippen molar-refractivity contribution in [3.05, 3.63) is 54.0 Å². The second-order valence-electron chi connectivity index (χ2n) is 8.52. The van der Waals surface area contributed by atoms with Crippen LogP contribution >= 0.6 is 0 Å². The maximum atomic E-state index is 13.3. The third kappa shape index (κ3) is 3.48. The van der Waals surface area contributed by atoms with Crippen LogP contribution in [0.25, 0.3) is 33.1 Å². The molecular formula is C24H23F3N4O. The lowest BCUT2D eigenvalue weighted by Crippen LogP contribution is -2.31. The van der Waals surface area contributed by atoms with Crippen LogP contribution < -0.4 is 0 Å². The van der Waals surface area contributed by atoms with Crippen molar-refractivity contribution in [3.63, 3.8) is 0 Å². The number of rotatable bonds is 2. The summed E-state index contributed by atoms with van der Waals surface area (Å²) in [6.45, 7) is 4.00. The summed E-state index contributed by atoms with van der Waals surface area (Å²) in [6, 6.07) is 9.36. The molecule has 0 amide bonds. The molecule has 2 aromatic heterocycles. The van der Waals surface area contributed by atoms with E-state index in [4.69, 9.17) is 4.98 Å². The van der Waals surface area contributed by atoms with Crippen molar-refractivity contribution in [2.45, 2.75) is 32.0 Å². The Hall–Kier alpha value is -3.13. The molecule has 5 nitrogen and oxygen atoms in total. The minimum Gasteiger partial charge on any atom is -0.507 e. The van der Waals surface area contributed by atoms with E-state index in [1.165, 1.54) is 6.07 Å². The van der Waals surface area contributed by atoms with Gasteiger partial charge in [-0.3, -0.25) is 4.98 Å². The summed E-state index contributed by atoms with van der Waals surface area (Å²) in [5.74, 6) is 0.139. The Morgan fingerprint density at radius 1 is 1.00 bits per heavy atom. The minimum atomic E-state index is -4.63. The lowest BCUT2D eigenvalue weighted by molar-refractivity contribution is -0.138. The maximum absolute atomic E-state index is 13.3. The predicted molar refractivity (Wildman–Crippen MR) is 118 cm³/mol. The van der Waals surface area contributed by atoms with E-state index in [0.717, 1.165) is 65.8 Å². The predicted octanol–water partition coefficient (Wildman–Crippen LogP) is 5.55. The first kappa shape index (κ1) is 20.8. The first-order chi connectivity index (χ1) is 15.2. The SMILES string of the molecule is Cc1nc2cnc3ccc(-c4ccc(O)c(C(F)(F)F)c4)cc3c2n1C1CCN(C)CC1. The molecule has 1 fully saturated rings. The van der Waals surface area contributed by atoms with Gasteiger partial charge < -0.3 is 14.6 Å². The van der Waals surface area contributed by atoms with Crippen LogP contribution in [-0.2, 0) is 6.18 Å². The van der Waals surface area contributed by atoms with Gasteiger partial charge in [0.2, 0.25) is 0 Å². The van der Waals surface area contributed by atoms with Crippen LogP contribution in [0.3, 0.4) is 0 Å². The first-order valence-corrected chi connectivity index (χ1v) is 10.6. The number of benzene rings is 2. The summed E-state index contributed by atoms with van der Waals surface area (Å²) >= 11 is 0. The van der Waals surface area contributed by atoms with E-state index in [0.29, 0.717) is 17.2 Å². The Morgan fingerprint density at radius 3 is 2.41 bits per heavy atom. The van der Waals surface area contributed by atoms with Crippen LogP contribution in [0.4, 0.5) is 13.2 Å². The van der Waals surface area contributed by atoms with Gasteiger partial charge in [0, 0.05) is 11.4 Å². The summed E-state index contributed by atoms with van der Waals surface area (Å²) in [5.41, 5.74) is 2.50. The zero-order chi connectivity index (χ0) is 22.6. The number of halogens is 3. The molecule has 5 rings (SSSR count). The van der Waals surface area contributed by atoms with Crippen molar-refractivity contribution < 1.29 is 18.3 Å². The molecule has 0 saturated carbocycles. The van der Waals surface area contributed by atoms with E-state index in [2.05, 4.69) is 21.5 Å². The molecule has 0 spiro atoms. The number of pyridine rings is 1. The fourth-order valence-corrected chi connectivity index (χ4v) is 4.72. The molecule has 1 saturated heterocycles. The van der Waals surface area contributed by atoms with E-state index in [9.17, 15) is 18.3 Å². The monoisotopic (exact) mass is 440 g/mol. The number of aromatic hydroxyl groups is 1. The largest absolute Gasteiger partial charge is 0.507 e. The lowest BCUT2D eigenvalue weighted by atomic mass is 9.99. The molecule has 1 aliphatic heterocycles. The number of aromatic nitrogens is 3. The van der Waals surface area contributed by atoms with Gasteiger partial charge in [-0.05, 0) is 75.3 Å². The Kier molecular flexibility index (Phi) is 4.85. The number of alkyl halides is 3. The average Bonchev–Trinajstić information content (AvgIpc) is 3.10. The molecule has 0 bridgehead atoms. The van der Waals surface area contributed by atoms with Crippen molar-refractivity contribution in [1.82, 2.24) is 19.4 Å². The zero-order valence-corrected chi connectivity index (χ0v) is 17.8. The Bertz CT molecular complexity index is 1320. The van der Waals surface area contributed by atoms with Gasteiger partial charge in [0.05, 0.1) is 22.8 Å². The van der Waals surface area contributed by atoms with E-state index < -0.39 is 17.5 Å². The number of piperidine rings is 1. The van der Waals surface area contributed by atoms with Crippen LogP contribution in [0.1, 0.15) is 30.3 Å². The highest BCUT2D eigenvalue weighted by molar-refractivity contribution is 6.04. The van der Waals surface area contributed by atoms with Gasteiger partial charge in [0.15, 0.2) is 0 Å². The van der Waals surface area contributed by atoms with Crippen LogP contribution in [0.15, 0.2) is 42.6 Å². The molecule has 2 aromatic carbocycles. The van der Waals surface area contributed by atoms with E-state index >= 15 is 0 Å². The number of hydrogen-bond donors (Lipinski definition) is 1. The molecule has 4 aromatic rings. The van der Waals surface area contributed by atoms with Gasteiger partial charge in [-0.1, -0.05) is 12.1 Å². The second-order valence-corrected chi connectivity index (χ2v) is 8.52. The van der Waals surface area contributed by atoms with E-state index in [1.807, 2.05) is 19.1 Å². The summed E-state index contributed by atoms with van der Waals surface area (Å²) < 4.78 is 42.2. The normalized spacial score (nSPS) is 16.3. The van der Waals surface area contributed by atoms with E-state index in [1.54, 1.807) is 12.3 Å². The van der Waals surface area contributed by atoms with Crippen molar-refractivity contribution in [2.24, 2.45) is 0 Å². The molecule has 32 heavy (non-hydrogen) atoms. The number of nitrogens with zero attached hydrogens (tertiary/aromatic N) is 4. The quantitative estimate of drug-likeness (QED) is 0.444. The van der Waals surface area contributed by atoms with Gasteiger partial charge in [0.25, 0.3) is 0 Å². The number of aryl methyl sites for hydroxylation is 1. The maximum Gasteiger partial charge on any atom is 0.419 e. The van der Waals surface area contributed by atoms with Gasteiger partial charge in [-0.2, -0.15) is 13.2 Å². The third-order valence-electron chi connectivity index (χ3n) is 6.38. The smallest absolute Gasteiger partial charge is 0.419 e. The van der Waals surface area contributed by atoms with Crippen molar-refractivity contribution in [2.75, 3.05) is 20.1 Å². The Labute approximate surface area is 183 Å². The lowest BCUT2D eigenvalue weighted by Gasteiger charge is -2.31. The topological polar surface area (TPSA) is 54.2 Å². The molecule has 3 heterocycles. The fourth-order valence-electron chi connectivity index (χ4n) is 4.72. The first-order valence-electron chi connectivity index (χ1n) is 10.6. The number of imidazole rings is 1. The summed E-state index contributed by atoms with van der Waals surface area (Å²) in [5, 5.41) is 10.5. The molecule has 0 radical (unpaired) electrons. The Balaban J connectivity index is 1.69. The van der Waals surface area contributed by atoms with Crippen molar-refractivity contribution >= 4 is 21.9 Å². The van der Waals surface area contributed by atoms with Gasteiger partial charge in [0.1, 0.15) is 17.1 Å². The molecule has 166 valence electrons. The molecular weight excluding hydrogens is 417 g/mol.